The second kappa shape index (κ2) is 34.2. The maximum atomic E-state index is 15.9. The number of anilines is 3. The van der Waals surface area contributed by atoms with E-state index in [9.17, 15) is 83.6 Å². The number of aliphatic hydroxyl groups is 2. The molecule has 12 saturated heterocycles. The minimum Gasteiger partial charge on any atom is -0.480 e. The van der Waals surface area contributed by atoms with Crippen LogP contribution in [0.5, 0.6) is 0 Å². The number of ether oxygens (including phenoxy) is 3. The molecule has 37 heteroatoms. The van der Waals surface area contributed by atoms with Crippen LogP contribution < -0.4 is 20.0 Å². The topological polar surface area (TPSA) is 267 Å². The zero-order valence-electron chi connectivity index (χ0n) is 76.9. The van der Waals surface area contributed by atoms with Crippen LogP contribution in [0.25, 0.3) is 30.6 Å². The first-order valence-electron chi connectivity index (χ1n) is 46.9. The summed E-state index contributed by atoms with van der Waals surface area (Å²) in [6, 6.07) is 1.42. The molecule has 12 atom stereocenters. The zero-order chi connectivity index (χ0) is 95.2. The van der Waals surface area contributed by atoms with E-state index < -0.39 is 137 Å². The molecule has 24 rings (SSSR count). The van der Waals surface area contributed by atoms with Crippen LogP contribution in [0.1, 0.15) is 191 Å². The number of carboxylic acid groups (broad SMARTS) is 1. The third kappa shape index (κ3) is 18.3. The standard InChI is InChI=1S/C32H38F4N4O3S.C32H39F3N4O4S.C17H25NO5.C15H16F3N3S/c1-5-18-11-21-25(22(32(34,35)36)12-37-27(21)44-18)38-13-31(14-38)15-39(16-31)28(41)26-19-8-9-23(20(24(19)33)10-17-6-7-17)40(26)29(42)43-30(2,3)4;1-5-18-11-21-24(22(32(33,34)35)12-36-27(21)44-18)37-13-31(14-37)15-38(16-31)28(41)25-19-8-9-23(20(26(19)40)10-17-6-7-17)39(25)29(42)43-30(2,3)4;1-17(2,3)23-16(22)18-12-7-6-10(13(18)15(20)21)14(19)11(12)8-9-4-5-9;1-2-9-3-10-12(21-7-14(8-21)5-19-6-14)11(15(16,17)18)4-20-13(10)22-9/h10-12,17,19,23-24,26H,5-9,13-16H2,1-4H3;10-12,17,19,23,25-26,40H,5-9,13-16H2,1-4H3;8-10,12-14,19H,4-7H2,1-3H3,(H,20,21);3-4,19H,2,5-8H2,1H3/b2*20-10+;11-8+;/t19-,23+,24-,26+;19-,23-,25-,26-;10-,12-,13-,14-;/m100./s1. The van der Waals surface area contributed by atoms with Crippen molar-refractivity contribution < 1.29 is 102 Å². The van der Waals surface area contributed by atoms with Crippen molar-refractivity contribution in [1.29, 1.82) is 0 Å². The number of alkyl halides is 10. The molecule has 18 aliphatic rings. The zero-order valence-corrected chi connectivity index (χ0v) is 79.3. The van der Waals surface area contributed by atoms with Gasteiger partial charge in [0.2, 0.25) is 11.8 Å². The molecule has 18 heterocycles. The van der Waals surface area contributed by atoms with Crippen LogP contribution >= 0.6 is 34.0 Å². The molecule has 6 saturated carbocycles. The molecule has 6 aliphatic carbocycles. The molecular formula is C96H118F10N12O12S3. The van der Waals surface area contributed by atoms with Gasteiger partial charge in [0, 0.05) is 162 Å². The number of rotatable bonds is 12. The summed E-state index contributed by atoms with van der Waals surface area (Å²) >= 11 is 4.31. The SMILES string of the molecule is CC(C)(C)OC(=O)N1[C@H](C(=O)O)[C@@H]2CC[C@H]1/C(=C\C1CC1)[C@H]2O.CCc1cc2c(N3CC4(CN(C(=O)[C@@H]5[C@@H]6CC[C@@H](/C(=C\C7CC7)[C@@H]6F)N5C(=O)OC(C)(C)C)C4)C3)c(C(F)(F)F)cnc2s1.CCc1cc2c(N3CC4(CN(C(=O)[C@@H]5[C@@H]6CC[C@@H](/C(=C\C7CC7)[C@H]6O)N5C(=O)OC(C)(C)C)C4)C3)c(C(F)(F)F)cnc2s1.CCc1cc2c(N3CC4(CNC4)C3)c(C(F)(F)F)cnc2s1. The maximum absolute atomic E-state index is 15.9. The van der Waals surface area contributed by atoms with Crippen LogP contribution in [0.2, 0.25) is 0 Å². The Morgan fingerprint density at radius 2 is 0.722 bits per heavy atom. The maximum Gasteiger partial charge on any atom is 0.419 e. The molecule has 6 bridgehead atoms. The molecular weight excluding hydrogens is 1800 g/mol. The number of aliphatic hydroxyl groups excluding tert-OH is 2. The molecule has 0 aromatic carbocycles. The number of thiophene rings is 3. The molecule has 0 unspecified atom stereocenters. The number of fused-ring (bicyclic) bond motifs is 12. The Kier molecular flexibility index (Phi) is 24.4. The fourth-order valence-corrected chi connectivity index (χ4v) is 25.4. The summed E-state index contributed by atoms with van der Waals surface area (Å²) in [7, 11) is 0. The number of likely N-dealkylation sites (tertiary alicyclic amines) is 2. The quantitative estimate of drug-likeness (QED) is 0.0504. The molecule has 6 aromatic rings. The van der Waals surface area contributed by atoms with Gasteiger partial charge in [0.25, 0.3) is 0 Å². The summed E-state index contributed by atoms with van der Waals surface area (Å²) in [6.45, 7) is 28.2. The highest BCUT2D eigenvalue weighted by molar-refractivity contribution is 7.19. The number of halogens is 10. The van der Waals surface area contributed by atoms with Crippen molar-refractivity contribution in [2.75, 3.05) is 93.2 Å². The van der Waals surface area contributed by atoms with Crippen molar-refractivity contribution >= 4 is 118 Å². The number of carboxylic acids is 1. The van der Waals surface area contributed by atoms with Crippen LogP contribution in [0.4, 0.5) is 75.3 Å². The van der Waals surface area contributed by atoms with E-state index in [2.05, 4.69) is 32.4 Å². The number of aryl methyl sites for hydroxylation is 3. The fraction of sp³-hybridized carbons (Fsp3) is 0.656. The van der Waals surface area contributed by atoms with E-state index in [-0.39, 0.29) is 51.5 Å². The first-order valence-corrected chi connectivity index (χ1v) is 49.3. The molecule has 5 amide bonds. The van der Waals surface area contributed by atoms with E-state index in [0.717, 1.165) is 109 Å². The van der Waals surface area contributed by atoms with E-state index in [1.54, 1.807) is 86.8 Å². The number of carbonyl (C=O) groups is 6. The van der Waals surface area contributed by atoms with Gasteiger partial charge in [0.05, 0.1) is 64.1 Å². The lowest BCUT2D eigenvalue weighted by Gasteiger charge is -2.62. The number of nitrogens with one attached hydrogen (secondary N) is 1. The largest absolute Gasteiger partial charge is 0.480 e. The van der Waals surface area contributed by atoms with E-state index in [0.29, 0.717) is 170 Å². The number of hydrogen-bond acceptors (Lipinski definition) is 21. The van der Waals surface area contributed by atoms with Crippen LogP contribution in [-0.2, 0) is 66.4 Å². The van der Waals surface area contributed by atoms with Crippen molar-refractivity contribution in [2.45, 2.75) is 269 Å². The van der Waals surface area contributed by atoms with Gasteiger partial charge in [-0.25, -0.2) is 38.5 Å². The van der Waals surface area contributed by atoms with Gasteiger partial charge in [0.1, 0.15) is 55.6 Å². The number of aromatic nitrogens is 3. The Morgan fingerprint density at radius 1 is 0.429 bits per heavy atom. The second-order valence-corrected chi connectivity index (χ2v) is 46.2. The van der Waals surface area contributed by atoms with Crippen LogP contribution in [0, 0.1) is 51.8 Å². The summed E-state index contributed by atoms with van der Waals surface area (Å²) in [5.41, 5.74) is -1.85. The van der Waals surface area contributed by atoms with E-state index in [1.807, 2.05) is 49.9 Å². The van der Waals surface area contributed by atoms with Crippen molar-refractivity contribution in [3.8, 4) is 0 Å². The highest BCUT2D eigenvalue weighted by Gasteiger charge is 2.65. The number of piperidine rings is 6. The highest BCUT2D eigenvalue weighted by Crippen LogP contribution is 2.57. The predicted molar refractivity (Wildman–Crippen MR) is 484 cm³/mol. The molecule has 18 fully saturated rings. The van der Waals surface area contributed by atoms with Gasteiger partial charge in [-0.15, -0.1) is 34.0 Å². The Hall–Kier alpha value is -8.65. The number of pyridine rings is 3. The third-order valence-electron chi connectivity index (χ3n) is 29.1. The fourth-order valence-electron chi connectivity index (χ4n) is 22.5. The molecule has 722 valence electrons. The van der Waals surface area contributed by atoms with E-state index >= 15 is 4.39 Å². The summed E-state index contributed by atoms with van der Waals surface area (Å²) in [5.74, 6) is -1.92. The lowest BCUT2D eigenvalue weighted by molar-refractivity contribution is -0.161. The minimum atomic E-state index is -4.55. The summed E-state index contributed by atoms with van der Waals surface area (Å²) < 4.78 is 157. The number of nitrogens with zero attached hydrogens (tertiary/aromatic N) is 11. The molecule has 12 aliphatic heterocycles. The van der Waals surface area contributed by atoms with Gasteiger partial charge in [-0.2, -0.15) is 39.5 Å². The molecule has 4 N–H and O–H groups in total. The van der Waals surface area contributed by atoms with E-state index in [1.165, 1.54) is 43.8 Å². The lowest BCUT2D eigenvalue weighted by atomic mass is 9.67. The van der Waals surface area contributed by atoms with Crippen molar-refractivity contribution in [1.82, 2.24) is 44.8 Å². The first-order chi connectivity index (χ1) is 62.5. The van der Waals surface area contributed by atoms with Gasteiger partial charge < -0.3 is 59.3 Å². The number of aliphatic carboxylic acids is 1. The molecule has 24 nitrogen and oxygen atoms in total. The molecule has 133 heavy (non-hydrogen) atoms. The van der Waals surface area contributed by atoms with Gasteiger partial charge in [-0.3, -0.25) is 24.3 Å². The minimum absolute atomic E-state index is 0.157. The third-order valence-corrected chi connectivity index (χ3v) is 32.6. The van der Waals surface area contributed by atoms with Gasteiger partial charge in [0.15, 0.2) is 0 Å². The summed E-state index contributed by atoms with van der Waals surface area (Å²) in [6.07, 6.45) is 3.26. The van der Waals surface area contributed by atoms with Gasteiger partial charge in [-0.05, 0) is 211 Å². The Balaban J connectivity index is 0.000000124. The summed E-state index contributed by atoms with van der Waals surface area (Å²) in [5, 5.41) is 36.4. The van der Waals surface area contributed by atoms with Gasteiger partial charge in [-0.1, -0.05) is 39.0 Å². The van der Waals surface area contributed by atoms with Crippen molar-refractivity contribution in [2.24, 2.45) is 51.8 Å². The normalized spacial score (nSPS) is 28.6. The monoisotopic (exact) mass is 1920 g/mol. The molecule has 6 aromatic heterocycles. The lowest BCUT2D eigenvalue weighted by Crippen LogP contribution is -2.76. The molecule has 3 spiro atoms. The Labute approximate surface area is 777 Å². The number of hydrogen-bond donors (Lipinski definition) is 4. The van der Waals surface area contributed by atoms with Gasteiger partial charge >= 0.3 is 42.8 Å². The van der Waals surface area contributed by atoms with Crippen molar-refractivity contribution in [3.63, 3.8) is 0 Å². The van der Waals surface area contributed by atoms with Crippen LogP contribution in [0.15, 0.2) is 71.7 Å². The average molecular weight is 1920 g/mol. The Bertz CT molecular complexity index is 5410. The van der Waals surface area contributed by atoms with E-state index in [4.69, 9.17) is 14.2 Å². The first kappa shape index (κ1) is 94.7. The van der Waals surface area contributed by atoms with Crippen LogP contribution in [-0.4, -0.2) is 241 Å². The second-order valence-electron chi connectivity index (χ2n) is 42.9. The number of amides is 5. The molecule has 0 radical (unpaired) electrons. The summed E-state index contributed by atoms with van der Waals surface area (Å²) in [4.78, 5) is 110. The smallest absolute Gasteiger partial charge is 0.419 e. The predicted octanol–water partition coefficient (Wildman–Crippen LogP) is 17.7. The van der Waals surface area contributed by atoms with Crippen molar-refractivity contribution in [3.05, 3.63) is 103 Å². The number of carbonyl (C=O) groups excluding carboxylic acids is 5. The average Bonchev–Trinajstić information content (AvgIpc) is 1.17. The van der Waals surface area contributed by atoms with Crippen LogP contribution in [0.3, 0.4) is 0 Å². The number of allylic oxidation sites excluding steroid dienone is 3. The Morgan fingerprint density at radius 3 is 1.02 bits per heavy atom. The highest BCUT2D eigenvalue weighted by atomic mass is 32.1.